The van der Waals surface area contributed by atoms with E-state index in [-0.39, 0.29) is 11.7 Å². The van der Waals surface area contributed by atoms with Crippen molar-refractivity contribution >= 4 is 11.9 Å². The molecule has 0 aliphatic carbocycles. The van der Waals surface area contributed by atoms with Gasteiger partial charge in [0, 0.05) is 12.5 Å². The fourth-order valence-electron chi connectivity index (χ4n) is 2.31. The molecule has 1 aliphatic rings. The first kappa shape index (κ1) is 12.5. The molecular formula is C13H15N5O2. The summed E-state index contributed by atoms with van der Waals surface area (Å²) in [6, 6.07) is 7.92. The standard InChI is InChI=1S/C13H15N5O2/c1-20-10-4-2-3-8(5-10)9-6-15-13-16-12(11(14)19)17-18(13)7-9/h2-5,9H,6-7H2,1H3,(H2,14,19)(H,15,16,17). The lowest BCUT2D eigenvalue weighted by molar-refractivity contribution is 0.0990. The quantitative estimate of drug-likeness (QED) is 0.853. The Bertz CT molecular complexity index is 652. The van der Waals surface area contributed by atoms with Crippen LogP contribution in [-0.2, 0) is 6.54 Å². The van der Waals surface area contributed by atoms with E-state index in [1.54, 1.807) is 11.8 Å². The first-order chi connectivity index (χ1) is 9.67. The number of hydrogen-bond donors (Lipinski definition) is 2. The zero-order valence-corrected chi connectivity index (χ0v) is 11.0. The molecule has 1 atom stereocenters. The number of fused-ring (bicyclic) bond motifs is 1. The zero-order valence-electron chi connectivity index (χ0n) is 11.0. The van der Waals surface area contributed by atoms with Crippen LogP contribution in [-0.4, -0.2) is 34.3 Å². The highest BCUT2D eigenvalue weighted by molar-refractivity contribution is 5.89. The second-order valence-corrected chi connectivity index (χ2v) is 4.66. The maximum atomic E-state index is 11.1. The molecule has 0 spiro atoms. The third kappa shape index (κ3) is 2.18. The number of carbonyl (C=O) groups is 1. The number of benzene rings is 1. The summed E-state index contributed by atoms with van der Waals surface area (Å²) in [5, 5.41) is 7.27. The lowest BCUT2D eigenvalue weighted by Gasteiger charge is -2.24. The Morgan fingerprint density at radius 2 is 2.40 bits per heavy atom. The van der Waals surface area contributed by atoms with E-state index in [1.165, 1.54) is 0 Å². The van der Waals surface area contributed by atoms with Crippen LogP contribution in [0.1, 0.15) is 22.1 Å². The molecule has 0 radical (unpaired) electrons. The van der Waals surface area contributed by atoms with Gasteiger partial charge in [-0.3, -0.25) is 4.79 Å². The molecule has 2 heterocycles. The van der Waals surface area contributed by atoms with Crippen molar-refractivity contribution in [2.45, 2.75) is 12.5 Å². The van der Waals surface area contributed by atoms with Crippen molar-refractivity contribution in [3.63, 3.8) is 0 Å². The van der Waals surface area contributed by atoms with Crippen LogP contribution in [0, 0.1) is 0 Å². The molecule has 0 bridgehead atoms. The van der Waals surface area contributed by atoms with Crippen LogP contribution in [0.2, 0.25) is 0 Å². The van der Waals surface area contributed by atoms with Gasteiger partial charge in [-0.1, -0.05) is 12.1 Å². The summed E-state index contributed by atoms with van der Waals surface area (Å²) in [5.41, 5.74) is 6.34. The normalized spacial score (nSPS) is 17.1. The number of hydrogen-bond acceptors (Lipinski definition) is 5. The minimum absolute atomic E-state index is 0.0405. The lowest BCUT2D eigenvalue weighted by Crippen LogP contribution is -2.26. The van der Waals surface area contributed by atoms with Crippen molar-refractivity contribution in [2.75, 3.05) is 19.0 Å². The molecule has 3 rings (SSSR count). The summed E-state index contributed by atoms with van der Waals surface area (Å²) in [6.07, 6.45) is 0. The summed E-state index contributed by atoms with van der Waals surface area (Å²) in [7, 11) is 1.65. The SMILES string of the molecule is COc1cccc(C2CNc3nc(C(N)=O)nn3C2)c1. The molecule has 0 saturated heterocycles. The van der Waals surface area contributed by atoms with Crippen molar-refractivity contribution in [2.24, 2.45) is 5.73 Å². The first-order valence-corrected chi connectivity index (χ1v) is 6.30. The van der Waals surface area contributed by atoms with E-state index in [0.717, 1.165) is 17.9 Å². The Hall–Kier alpha value is -2.57. The predicted octanol–water partition coefficient (Wildman–Crippen LogP) is 0.595. The first-order valence-electron chi connectivity index (χ1n) is 6.30. The summed E-state index contributed by atoms with van der Waals surface area (Å²) in [5.74, 6) is 1.06. The molecule has 1 aliphatic heterocycles. The van der Waals surface area contributed by atoms with Crippen molar-refractivity contribution in [1.29, 1.82) is 0 Å². The number of carbonyl (C=O) groups excluding carboxylic acids is 1. The second kappa shape index (κ2) is 4.84. The Labute approximate surface area is 115 Å². The molecule has 7 heteroatoms. The van der Waals surface area contributed by atoms with Gasteiger partial charge < -0.3 is 15.8 Å². The molecular weight excluding hydrogens is 258 g/mol. The van der Waals surface area contributed by atoms with Gasteiger partial charge in [0.25, 0.3) is 5.91 Å². The fraction of sp³-hybridized carbons (Fsp3) is 0.308. The minimum Gasteiger partial charge on any atom is -0.497 e. The maximum Gasteiger partial charge on any atom is 0.288 e. The average molecular weight is 273 g/mol. The van der Waals surface area contributed by atoms with Crippen LogP contribution in [0.25, 0.3) is 0 Å². The smallest absolute Gasteiger partial charge is 0.288 e. The molecule has 0 fully saturated rings. The van der Waals surface area contributed by atoms with Gasteiger partial charge >= 0.3 is 0 Å². The van der Waals surface area contributed by atoms with Gasteiger partial charge in [0.15, 0.2) is 0 Å². The van der Waals surface area contributed by atoms with E-state index < -0.39 is 5.91 Å². The van der Waals surface area contributed by atoms with E-state index in [1.807, 2.05) is 24.3 Å². The molecule has 7 nitrogen and oxygen atoms in total. The van der Waals surface area contributed by atoms with Gasteiger partial charge in [-0.2, -0.15) is 4.98 Å². The highest BCUT2D eigenvalue weighted by Gasteiger charge is 2.23. The lowest BCUT2D eigenvalue weighted by atomic mass is 9.98. The van der Waals surface area contributed by atoms with Crippen molar-refractivity contribution in [3.8, 4) is 5.75 Å². The van der Waals surface area contributed by atoms with Crippen molar-refractivity contribution in [3.05, 3.63) is 35.7 Å². The number of methoxy groups -OCH3 is 1. The molecule has 1 aromatic heterocycles. The largest absolute Gasteiger partial charge is 0.497 e. The Kier molecular flexibility index (Phi) is 3.02. The van der Waals surface area contributed by atoms with Gasteiger partial charge in [-0.05, 0) is 17.7 Å². The summed E-state index contributed by atoms with van der Waals surface area (Å²) in [4.78, 5) is 15.1. The van der Waals surface area contributed by atoms with Gasteiger partial charge in [0.2, 0.25) is 11.8 Å². The monoisotopic (exact) mass is 273 g/mol. The zero-order chi connectivity index (χ0) is 14.1. The molecule has 20 heavy (non-hydrogen) atoms. The highest BCUT2D eigenvalue weighted by Crippen LogP contribution is 2.26. The van der Waals surface area contributed by atoms with E-state index in [0.29, 0.717) is 12.5 Å². The van der Waals surface area contributed by atoms with E-state index >= 15 is 0 Å². The third-order valence-corrected chi connectivity index (χ3v) is 3.36. The van der Waals surface area contributed by atoms with Crippen molar-refractivity contribution < 1.29 is 9.53 Å². The second-order valence-electron chi connectivity index (χ2n) is 4.66. The fourth-order valence-corrected chi connectivity index (χ4v) is 2.31. The van der Waals surface area contributed by atoms with Crippen LogP contribution in [0.15, 0.2) is 24.3 Å². The van der Waals surface area contributed by atoms with Gasteiger partial charge in [-0.15, -0.1) is 5.10 Å². The summed E-state index contributed by atoms with van der Waals surface area (Å²) in [6.45, 7) is 1.37. The predicted molar refractivity (Wildman–Crippen MR) is 72.8 cm³/mol. The summed E-state index contributed by atoms with van der Waals surface area (Å²) < 4.78 is 6.91. The molecule has 1 amide bonds. The molecule has 1 unspecified atom stereocenters. The number of aromatic nitrogens is 3. The van der Waals surface area contributed by atoms with Gasteiger partial charge in [-0.25, -0.2) is 4.68 Å². The third-order valence-electron chi connectivity index (χ3n) is 3.36. The molecule has 1 aromatic carbocycles. The highest BCUT2D eigenvalue weighted by atomic mass is 16.5. The maximum absolute atomic E-state index is 11.1. The van der Waals surface area contributed by atoms with Crippen LogP contribution in [0.3, 0.4) is 0 Å². The topological polar surface area (TPSA) is 95.1 Å². The Morgan fingerprint density at radius 3 is 3.15 bits per heavy atom. The van der Waals surface area contributed by atoms with Gasteiger partial charge in [0.05, 0.1) is 13.7 Å². The minimum atomic E-state index is -0.619. The number of primary amides is 1. The van der Waals surface area contributed by atoms with Crippen LogP contribution in [0.4, 0.5) is 5.95 Å². The number of amides is 1. The molecule has 3 N–H and O–H groups in total. The number of nitrogens with one attached hydrogen (secondary N) is 1. The Morgan fingerprint density at radius 1 is 1.55 bits per heavy atom. The number of nitrogens with two attached hydrogens (primary N) is 1. The van der Waals surface area contributed by atoms with Crippen molar-refractivity contribution in [1.82, 2.24) is 14.8 Å². The molecule has 2 aromatic rings. The average Bonchev–Trinajstić information content (AvgIpc) is 2.90. The van der Waals surface area contributed by atoms with E-state index in [4.69, 9.17) is 10.5 Å². The number of nitrogens with zero attached hydrogens (tertiary/aromatic N) is 3. The van der Waals surface area contributed by atoms with Crippen LogP contribution < -0.4 is 15.8 Å². The van der Waals surface area contributed by atoms with Crippen LogP contribution >= 0.6 is 0 Å². The number of ether oxygens (including phenoxy) is 1. The Balaban J connectivity index is 1.85. The number of rotatable bonds is 3. The molecule has 0 saturated carbocycles. The number of anilines is 1. The van der Waals surface area contributed by atoms with E-state index in [2.05, 4.69) is 15.4 Å². The van der Waals surface area contributed by atoms with Gasteiger partial charge in [0.1, 0.15) is 5.75 Å². The van der Waals surface area contributed by atoms with E-state index in [9.17, 15) is 4.79 Å². The summed E-state index contributed by atoms with van der Waals surface area (Å²) >= 11 is 0. The van der Waals surface area contributed by atoms with Crippen LogP contribution in [0.5, 0.6) is 5.75 Å². The molecule has 104 valence electrons.